The molecule has 1 heterocycles. The quantitative estimate of drug-likeness (QED) is 0.777. The summed E-state index contributed by atoms with van der Waals surface area (Å²) in [5.41, 5.74) is 1.66. The lowest BCUT2D eigenvalue weighted by molar-refractivity contribution is -0.135. The van der Waals surface area contributed by atoms with Crippen LogP contribution >= 0.6 is 0 Å². The van der Waals surface area contributed by atoms with Gasteiger partial charge in [0.05, 0.1) is 6.54 Å². The lowest BCUT2D eigenvalue weighted by atomic mass is 10.2. The predicted octanol–water partition coefficient (Wildman–Crippen LogP) is 2.55. The van der Waals surface area contributed by atoms with Crippen molar-refractivity contribution in [3.8, 4) is 5.75 Å². The highest BCUT2D eigenvalue weighted by Crippen LogP contribution is 2.13. The predicted molar refractivity (Wildman–Crippen MR) is 109 cm³/mol. The summed E-state index contributed by atoms with van der Waals surface area (Å²) in [6.45, 7) is 4.60. The first-order valence-corrected chi connectivity index (χ1v) is 9.81. The number of piperazine rings is 1. The molecule has 0 saturated carbocycles. The molecule has 1 fully saturated rings. The van der Waals surface area contributed by atoms with Crippen molar-refractivity contribution in [1.82, 2.24) is 9.80 Å². The molecule has 1 N–H and O–H groups in total. The molecule has 0 aliphatic carbocycles. The molecule has 0 aromatic heterocycles. The number of nitrogens with one attached hydrogen (secondary N) is 1. The molecule has 0 unspecified atom stereocenters. The van der Waals surface area contributed by atoms with Crippen molar-refractivity contribution < 1.29 is 18.7 Å². The fraction of sp³-hybridized carbons (Fsp3) is 0.364. The third-order valence-corrected chi connectivity index (χ3v) is 4.89. The summed E-state index contributed by atoms with van der Waals surface area (Å²) in [4.78, 5) is 28.2. The highest BCUT2D eigenvalue weighted by atomic mass is 19.1. The van der Waals surface area contributed by atoms with Gasteiger partial charge in [-0.1, -0.05) is 25.1 Å². The molecule has 0 spiro atoms. The zero-order valence-electron chi connectivity index (χ0n) is 16.6. The summed E-state index contributed by atoms with van der Waals surface area (Å²) in [6, 6.07) is 13.5. The summed E-state index contributed by atoms with van der Waals surface area (Å²) in [6.07, 6.45) is 0.962. The largest absolute Gasteiger partial charge is 0.484 e. The first kappa shape index (κ1) is 20.8. The van der Waals surface area contributed by atoms with Crippen molar-refractivity contribution in [2.24, 2.45) is 0 Å². The van der Waals surface area contributed by atoms with Crippen LogP contribution in [0.15, 0.2) is 48.5 Å². The van der Waals surface area contributed by atoms with Gasteiger partial charge in [0, 0.05) is 31.9 Å². The molecular weight excluding hydrogens is 373 g/mol. The molecular formula is C22H26FN3O3. The number of carbonyl (C=O) groups excluding carboxylic acids is 2. The van der Waals surface area contributed by atoms with Crippen LogP contribution in [-0.2, 0) is 16.0 Å². The maximum atomic E-state index is 13.2. The number of rotatable bonds is 7. The fourth-order valence-electron chi connectivity index (χ4n) is 3.18. The van der Waals surface area contributed by atoms with E-state index >= 15 is 0 Å². The molecule has 1 saturated heterocycles. The van der Waals surface area contributed by atoms with Crippen LogP contribution < -0.4 is 10.1 Å². The fourth-order valence-corrected chi connectivity index (χ4v) is 3.18. The number of benzene rings is 2. The van der Waals surface area contributed by atoms with E-state index in [0.717, 1.165) is 6.42 Å². The Labute approximate surface area is 170 Å². The molecule has 1 aliphatic rings. The van der Waals surface area contributed by atoms with Gasteiger partial charge in [-0.2, -0.15) is 0 Å². The summed E-state index contributed by atoms with van der Waals surface area (Å²) >= 11 is 0. The summed E-state index contributed by atoms with van der Waals surface area (Å²) in [5.74, 6) is 0.0318. The minimum absolute atomic E-state index is 0.00549. The molecule has 2 aromatic carbocycles. The first-order valence-electron chi connectivity index (χ1n) is 9.81. The summed E-state index contributed by atoms with van der Waals surface area (Å²) < 4.78 is 18.8. The monoisotopic (exact) mass is 399 g/mol. The standard InChI is InChI=1S/C22H26FN3O3/c1-2-17-6-8-20(9-7-17)29-16-22(28)26-12-10-25(11-13-26)15-21(27)24-19-5-3-4-18(23)14-19/h3-9,14H,2,10-13,15-16H2,1H3,(H,24,27). The van der Waals surface area contributed by atoms with Crippen LogP contribution in [0.4, 0.5) is 10.1 Å². The van der Waals surface area contributed by atoms with E-state index in [4.69, 9.17) is 4.74 Å². The second-order valence-electron chi connectivity index (χ2n) is 7.00. The van der Waals surface area contributed by atoms with E-state index < -0.39 is 5.82 Å². The Kier molecular flexibility index (Phi) is 7.19. The molecule has 3 rings (SSSR count). The van der Waals surface area contributed by atoms with Crippen LogP contribution in [-0.4, -0.2) is 60.9 Å². The number of carbonyl (C=O) groups is 2. The summed E-state index contributed by atoms with van der Waals surface area (Å²) in [5, 5.41) is 2.69. The first-order chi connectivity index (χ1) is 14.0. The van der Waals surface area contributed by atoms with Gasteiger partial charge >= 0.3 is 0 Å². The number of aryl methyl sites for hydroxylation is 1. The minimum atomic E-state index is -0.390. The molecule has 2 aromatic rings. The van der Waals surface area contributed by atoms with Gasteiger partial charge in [0.2, 0.25) is 5.91 Å². The molecule has 0 bridgehead atoms. The topological polar surface area (TPSA) is 61.9 Å². The van der Waals surface area contributed by atoms with Gasteiger partial charge in [0.25, 0.3) is 5.91 Å². The van der Waals surface area contributed by atoms with E-state index in [-0.39, 0.29) is 25.0 Å². The van der Waals surface area contributed by atoms with Crippen LogP contribution in [0.3, 0.4) is 0 Å². The molecule has 0 atom stereocenters. The van der Waals surface area contributed by atoms with E-state index in [1.54, 1.807) is 17.0 Å². The summed E-state index contributed by atoms with van der Waals surface area (Å²) in [7, 11) is 0. The van der Waals surface area contributed by atoms with Crippen molar-refractivity contribution in [3.05, 3.63) is 59.9 Å². The van der Waals surface area contributed by atoms with E-state index in [1.807, 2.05) is 29.2 Å². The SMILES string of the molecule is CCc1ccc(OCC(=O)N2CCN(CC(=O)Nc3cccc(F)c3)CC2)cc1. The molecule has 29 heavy (non-hydrogen) atoms. The van der Waals surface area contributed by atoms with Gasteiger partial charge in [0.15, 0.2) is 6.61 Å². The third-order valence-electron chi connectivity index (χ3n) is 4.89. The van der Waals surface area contributed by atoms with Crippen LogP contribution in [0.2, 0.25) is 0 Å². The Morgan fingerprint density at radius 2 is 1.79 bits per heavy atom. The van der Waals surface area contributed by atoms with Crippen LogP contribution in [0.1, 0.15) is 12.5 Å². The van der Waals surface area contributed by atoms with Crippen molar-refractivity contribution in [2.75, 3.05) is 44.6 Å². The highest BCUT2D eigenvalue weighted by molar-refractivity contribution is 5.92. The molecule has 6 nitrogen and oxygen atoms in total. The maximum Gasteiger partial charge on any atom is 0.260 e. The number of nitrogens with zero attached hydrogens (tertiary/aromatic N) is 2. The van der Waals surface area contributed by atoms with Crippen molar-refractivity contribution in [3.63, 3.8) is 0 Å². The Morgan fingerprint density at radius 1 is 1.07 bits per heavy atom. The van der Waals surface area contributed by atoms with E-state index in [0.29, 0.717) is 37.6 Å². The van der Waals surface area contributed by atoms with Crippen molar-refractivity contribution >= 4 is 17.5 Å². The number of anilines is 1. The molecule has 0 radical (unpaired) electrons. The van der Waals surface area contributed by atoms with E-state index in [1.165, 1.54) is 17.7 Å². The Balaban J connectivity index is 1.38. The second-order valence-corrected chi connectivity index (χ2v) is 7.00. The van der Waals surface area contributed by atoms with Gasteiger partial charge in [-0.25, -0.2) is 4.39 Å². The Bertz CT molecular complexity index is 833. The third kappa shape index (κ3) is 6.29. The van der Waals surface area contributed by atoms with Gasteiger partial charge in [-0.15, -0.1) is 0 Å². The molecule has 1 aliphatic heterocycles. The van der Waals surface area contributed by atoms with Gasteiger partial charge in [-0.3, -0.25) is 14.5 Å². The molecule has 7 heteroatoms. The second kappa shape index (κ2) is 10.0. The van der Waals surface area contributed by atoms with Gasteiger partial charge in [-0.05, 0) is 42.3 Å². The van der Waals surface area contributed by atoms with Crippen LogP contribution in [0.5, 0.6) is 5.75 Å². The minimum Gasteiger partial charge on any atom is -0.484 e. The number of hydrogen-bond donors (Lipinski definition) is 1. The number of hydrogen-bond acceptors (Lipinski definition) is 4. The average molecular weight is 399 g/mol. The Hall–Kier alpha value is -2.93. The zero-order chi connectivity index (χ0) is 20.6. The number of amides is 2. The average Bonchev–Trinajstić information content (AvgIpc) is 2.73. The normalized spacial score (nSPS) is 14.5. The van der Waals surface area contributed by atoms with Crippen LogP contribution in [0, 0.1) is 5.82 Å². The Morgan fingerprint density at radius 3 is 2.45 bits per heavy atom. The zero-order valence-corrected chi connectivity index (χ0v) is 16.6. The van der Waals surface area contributed by atoms with E-state index in [9.17, 15) is 14.0 Å². The highest BCUT2D eigenvalue weighted by Gasteiger charge is 2.22. The lowest BCUT2D eigenvalue weighted by Gasteiger charge is -2.34. The van der Waals surface area contributed by atoms with Crippen LogP contribution in [0.25, 0.3) is 0 Å². The lowest BCUT2D eigenvalue weighted by Crippen LogP contribution is -2.51. The molecule has 154 valence electrons. The van der Waals surface area contributed by atoms with Crippen molar-refractivity contribution in [1.29, 1.82) is 0 Å². The number of ether oxygens (including phenoxy) is 1. The van der Waals surface area contributed by atoms with Crippen molar-refractivity contribution in [2.45, 2.75) is 13.3 Å². The van der Waals surface area contributed by atoms with E-state index in [2.05, 4.69) is 12.2 Å². The van der Waals surface area contributed by atoms with Gasteiger partial charge in [0.1, 0.15) is 11.6 Å². The van der Waals surface area contributed by atoms with Gasteiger partial charge < -0.3 is 15.0 Å². The smallest absolute Gasteiger partial charge is 0.260 e. The molecule has 2 amide bonds. The number of halogens is 1. The maximum absolute atomic E-state index is 13.2.